The molecule has 1 saturated heterocycles. The van der Waals surface area contributed by atoms with Gasteiger partial charge in [-0.15, -0.1) is 0 Å². The predicted molar refractivity (Wildman–Crippen MR) is 45.3 cm³/mol. The fourth-order valence-corrected chi connectivity index (χ4v) is 1.29. The average molecular weight is 185 g/mol. The van der Waals surface area contributed by atoms with Gasteiger partial charge in [0.2, 0.25) is 6.29 Å². The minimum absolute atomic E-state index is 0.274. The first-order valence-corrected chi connectivity index (χ1v) is 4.03. The van der Waals surface area contributed by atoms with Gasteiger partial charge in [-0.05, 0) is 6.92 Å². The quantitative estimate of drug-likeness (QED) is 0.279. The Bertz CT molecular complexity index is 262. The van der Waals surface area contributed by atoms with E-state index in [-0.39, 0.29) is 12.0 Å². The van der Waals surface area contributed by atoms with E-state index in [1.807, 2.05) is 6.92 Å². The molecular weight excluding hydrogens is 174 g/mol. The fraction of sp³-hybridized carbons (Fsp3) is 0.571. The number of nitrogens with one attached hydrogen (secondary N) is 1. The maximum Gasteiger partial charge on any atom is 0.348 e. The second-order valence-electron chi connectivity index (χ2n) is 2.62. The van der Waals surface area contributed by atoms with Gasteiger partial charge in [0.25, 0.3) is 0 Å². The molecule has 1 fully saturated rings. The van der Waals surface area contributed by atoms with Crippen LogP contribution in [0.15, 0.2) is 11.5 Å². The second kappa shape index (κ2) is 3.88. The lowest BCUT2D eigenvalue weighted by Gasteiger charge is -2.14. The van der Waals surface area contributed by atoms with E-state index in [1.165, 1.54) is 0 Å². The summed E-state index contributed by atoms with van der Waals surface area (Å²) < 4.78 is 0. The number of hydrogen-bond acceptors (Lipinski definition) is 5. The van der Waals surface area contributed by atoms with Crippen molar-refractivity contribution < 1.29 is 9.72 Å². The third kappa shape index (κ3) is 1.77. The molecule has 1 N–H and O–H groups in total. The molecule has 1 heterocycles. The molecule has 0 radical (unpaired) electrons. The fourth-order valence-electron chi connectivity index (χ4n) is 1.29. The van der Waals surface area contributed by atoms with Crippen molar-refractivity contribution in [1.82, 2.24) is 10.2 Å². The highest BCUT2D eigenvalue weighted by Gasteiger charge is 2.25. The molecule has 0 unspecified atom stereocenters. The summed E-state index contributed by atoms with van der Waals surface area (Å²) in [6, 6.07) is 0. The van der Waals surface area contributed by atoms with Gasteiger partial charge in [0.1, 0.15) is 0 Å². The number of hydrogen-bond donors (Lipinski definition) is 1. The first-order chi connectivity index (χ1) is 6.20. The van der Waals surface area contributed by atoms with Gasteiger partial charge in [0.05, 0.1) is 4.92 Å². The van der Waals surface area contributed by atoms with Crippen LogP contribution in [0.5, 0.6) is 0 Å². The summed E-state index contributed by atoms with van der Waals surface area (Å²) in [5, 5.41) is 13.3. The Hall–Kier alpha value is -1.59. The zero-order chi connectivity index (χ0) is 9.84. The molecule has 6 nitrogen and oxygen atoms in total. The lowest BCUT2D eigenvalue weighted by Crippen LogP contribution is -2.24. The normalized spacial score (nSPS) is 19.6. The van der Waals surface area contributed by atoms with Gasteiger partial charge < -0.3 is 10.2 Å². The molecule has 0 saturated carbocycles. The molecule has 1 aliphatic heterocycles. The van der Waals surface area contributed by atoms with Crippen molar-refractivity contribution in [2.75, 3.05) is 19.6 Å². The van der Waals surface area contributed by atoms with Gasteiger partial charge in [-0.3, -0.25) is 14.9 Å². The molecule has 0 atom stereocenters. The van der Waals surface area contributed by atoms with Crippen LogP contribution >= 0.6 is 0 Å². The number of rotatable bonds is 3. The third-order valence-electron chi connectivity index (χ3n) is 1.92. The van der Waals surface area contributed by atoms with Crippen LogP contribution in [0, 0.1) is 10.1 Å². The van der Waals surface area contributed by atoms with E-state index in [1.54, 1.807) is 4.90 Å². The monoisotopic (exact) mass is 185 g/mol. The summed E-state index contributed by atoms with van der Waals surface area (Å²) in [6.07, 6.45) is 0.274. The Kier molecular flexibility index (Phi) is 2.84. The third-order valence-corrected chi connectivity index (χ3v) is 1.92. The number of likely N-dealkylation sites (N-methyl/N-ethyl adjacent to an activating group) is 1. The van der Waals surface area contributed by atoms with E-state index in [0.29, 0.717) is 25.5 Å². The van der Waals surface area contributed by atoms with Crippen LogP contribution in [0.25, 0.3) is 0 Å². The Morgan fingerprint density at radius 2 is 2.54 bits per heavy atom. The molecule has 6 heteroatoms. The molecule has 0 aromatic rings. The summed E-state index contributed by atoms with van der Waals surface area (Å²) >= 11 is 0. The summed E-state index contributed by atoms with van der Waals surface area (Å²) in [5.74, 6) is 0.336. The topological polar surface area (TPSA) is 75.5 Å². The zero-order valence-electron chi connectivity index (χ0n) is 7.32. The maximum absolute atomic E-state index is 10.4. The van der Waals surface area contributed by atoms with E-state index in [0.717, 1.165) is 0 Å². The van der Waals surface area contributed by atoms with Crippen molar-refractivity contribution in [2.24, 2.45) is 0 Å². The van der Waals surface area contributed by atoms with E-state index in [4.69, 9.17) is 0 Å². The second-order valence-corrected chi connectivity index (χ2v) is 2.62. The highest BCUT2D eigenvalue weighted by atomic mass is 16.6. The molecule has 1 aliphatic rings. The smallest absolute Gasteiger partial charge is 0.348 e. The Morgan fingerprint density at radius 3 is 3.00 bits per heavy atom. The van der Waals surface area contributed by atoms with E-state index >= 15 is 0 Å². The van der Waals surface area contributed by atoms with Crippen molar-refractivity contribution in [3.63, 3.8) is 0 Å². The van der Waals surface area contributed by atoms with Crippen molar-refractivity contribution in [3.8, 4) is 0 Å². The molecule has 0 aromatic carbocycles. The number of nitro groups is 1. The first kappa shape index (κ1) is 9.50. The van der Waals surface area contributed by atoms with Crippen molar-refractivity contribution in [1.29, 1.82) is 0 Å². The molecule has 0 aromatic heterocycles. The molecular formula is C7H11N3O3. The number of nitrogens with zero attached hydrogens (tertiary/aromatic N) is 2. The standard InChI is InChI=1S/C7H11N3O3/c1-2-9-4-3-8-7(9)6(5-11)10(12)13/h5,8H,2-4H2,1H3/b7-6-. The van der Waals surface area contributed by atoms with Gasteiger partial charge in [0.15, 0.2) is 5.82 Å². The molecule has 0 amide bonds. The highest BCUT2D eigenvalue weighted by Crippen LogP contribution is 2.10. The van der Waals surface area contributed by atoms with Crippen LogP contribution in [0.3, 0.4) is 0 Å². The summed E-state index contributed by atoms with van der Waals surface area (Å²) in [5.41, 5.74) is -0.389. The number of carbonyl (C=O) groups is 1. The van der Waals surface area contributed by atoms with Crippen molar-refractivity contribution in [3.05, 3.63) is 21.6 Å². The minimum atomic E-state index is -0.663. The SMILES string of the molecule is CCN1CCN/C1=C(\C=O)[N+](=O)[O-]. The largest absolute Gasteiger partial charge is 0.364 e. The van der Waals surface area contributed by atoms with Crippen molar-refractivity contribution >= 4 is 6.29 Å². The molecule has 13 heavy (non-hydrogen) atoms. The van der Waals surface area contributed by atoms with Gasteiger partial charge in [-0.25, -0.2) is 0 Å². The Labute approximate surface area is 75.4 Å². The highest BCUT2D eigenvalue weighted by molar-refractivity contribution is 5.70. The van der Waals surface area contributed by atoms with Crippen LogP contribution in [0.1, 0.15) is 6.92 Å². The van der Waals surface area contributed by atoms with Crippen LogP contribution < -0.4 is 5.32 Å². The Balaban J connectivity index is 2.98. The molecule has 0 spiro atoms. The lowest BCUT2D eigenvalue weighted by atomic mass is 10.4. The molecule has 1 rings (SSSR count). The summed E-state index contributed by atoms with van der Waals surface area (Å²) in [6.45, 7) is 3.90. The maximum atomic E-state index is 10.4. The van der Waals surface area contributed by atoms with Gasteiger partial charge in [-0.2, -0.15) is 0 Å². The molecule has 0 bridgehead atoms. The van der Waals surface area contributed by atoms with Gasteiger partial charge in [0, 0.05) is 19.6 Å². The Morgan fingerprint density at radius 1 is 1.85 bits per heavy atom. The predicted octanol–water partition coefficient (Wildman–Crippen LogP) is -0.444. The number of allylic oxidation sites excluding steroid dienone is 1. The van der Waals surface area contributed by atoms with E-state index in [9.17, 15) is 14.9 Å². The van der Waals surface area contributed by atoms with Gasteiger partial charge in [-0.1, -0.05) is 0 Å². The molecule has 0 aliphatic carbocycles. The van der Waals surface area contributed by atoms with Crippen LogP contribution in [0.2, 0.25) is 0 Å². The zero-order valence-corrected chi connectivity index (χ0v) is 7.32. The average Bonchev–Trinajstić information content (AvgIpc) is 2.53. The van der Waals surface area contributed by atoms with Crippen LogP contribution in [-0.2, 0) is 4.79 Å². The summed E-state index contributed by atoms with van der Waals surface area (Å²) in [7, 11) is 0. The number of carbonyl (C=O) groups excluding carboxylic acids is 1. The lowest BCUT2D eigenvalue weighted by molar-refractivity contribution is -0.419. The van der Waals surface area contributed by atoms with Crippen molar-refractivity contribution in [2.45, 2.75) is 6.92 Å². The van der Waals surface area contributed by atoms with Crippen LogP contribution in [0.4, 0.5) is 0 Å². The first-order valence-electron chi connectivity index (χ1n) is 4.03. The van der Waals surface area contributed by atoms with Crippen LogP contribution in [-0.4, -0.2) is 35.7 Å². The summed E-state index contributed by atoms with van der Waals surface area (Å²) in [4.78, 5) is 22.0. The van der Waals surface area contributed by atoms with Gasteiger partial charge >= 0.3 is 5.70 Å². The number of aldehydes is 1. The van der Waals surface area contributed by atoms with E-state index in [2.05, 4.69) is 5.32 Å². The molecule has 72 valence electrons. The van der Waals surface area contributed by atoms with E-state index < -0.39 is 4.92 Å². The minimum Gasteiger partial charge on any atom is -0.364 e.